The first kappa shape index (κ1) is 25.2. The highest BCUT2D eigenvalue weighted by Crippen LogP contribution is 2.32. The summed E-state index contributed by atoms with van der Waals surface area (Å²) in [7, 11) is 0. The molecule has 1 N–H and O–H groups in total. The summed E-state index contributed by atoms with van der Waals surface area (Å²) in [6.45, 7) is 5.81. The van der Waals surface area contributed by atoms with Crippen molar-refractivity contribution >= 4 is 22.4 Å². The molecule has 1 aliphatic carbocycles. The predicted octanol–water partition coefficient (Wildman–Crippen LogP) is 6.92. The Bertz CT molecular complexity index is 1640. The average molecular weight is 522 g/mol. The zero-order valence-corrected chi connectivity index (χ0v) is 20.7. The van der Waals surface area contributed by atoms with Crippen LogP contribution in [0.4, 0.5) is 28.9 Å². The molecule has 194 valence electrons. The third-order valence-electron chi connectivity index (χ3n) is 5.67. The topological polar surface area (TPSA) is 64.3 Å². The number of hydrogen-bond acceptors (Lipinski definition) is 5. The van der Waals surface area contributed by atoms with Crippen LogP contribution in [0, 0.1) is 12.7 Å². The van der Waals surface area contributed by atoms with Crippen molar-refractivity contribution in [1.29, 1.82) is 0 Å². The summed E-state index contributed by atoms with van der Waals surface area (Å²) in [5.74, 6) is -0.801. The summed E-state index contributed by atoms with van der Waals surface area (Å²) < 4.78 is 58.1. The largest absolute Gasteiger partial charge is 0.573 e. The van der Waals surface area contributed by atoms with Crippen molar-refractivity contribution in [1.82, 2.24) is 14.5 Å². The van der Waals surface area contributed by atoms with E-state index in [0.29, 0.717) is 39.2 Å². The van der Waals surface area contributed by atoms with Gasteiger partial charge < -0.3 is 14.6 Å². The number of aromatic nitrogens is 3. The number of ether oxygens (including phenoxy) is 1. The minimum atomic E-state index is -4.80. The first-order valence-electron chi connectivity index (χ1n) is 11.8. The molecule has 0 fully saturated rings. The van der Waals surface area contributed by atoms with E-state index in [1.807, 2.05) is 49.6 Å². The normalized spacial score (nSPS) is 12.5. The van der Waals surface area contributed by atoms with E-state index in [9.17, 15) is 17.6 Å². The van der Waals surface area contributed by atoms with Gasteiger partial charge in [-0.05, 0) is 81.4 Å². The summed E-state index contributed by atoms with van der Waals surface area (Å²) in [6, 6.07) is 17.1. The minimum absolute atomic E-state index is 0.0288. The fraction of sp³-hybridized carbons (Fsp3) is 0.179. The summed E-state index contributed by atoms with van der Waals surface area (Å²) in [4.78, 5) is 13.8. The van der Waals surface area contributed by atoms with Gasteiger partial charge in [-0.3, -0.25) is 9.98 Å². The molecule has 10 heteroatoms. The fourth-order valence-electron chi connectivity index (χ4n) is 4.13. The van der Waals surface area contributed by atoms with Crippen molar-refractivity contribution in [3.63, 3.8) is 0 Å². The van der Waals surface area contributed by atoms with Gasteiger partial charge in [0.15, 0.2) is 0 Å². The van der Waals surface area contributed by atoms with Crippen LogP contribution in [-0.2, 0) is 0 Å². The van der Waals surface area contributed by atoms with Gasteiger partial charge in [0.1, 0.15) is 11.6 Å². The summed E-state index contributed by atoms with van der Waals surface area (Å²) in [5, 5.41) is 4.00. The SMILES string of the molecule is Cc1ccc(Nc2cc3nc4cc(F)ccc4n(-c4ccc(OC(F)(F)F)cc4)c-3cc2=NC(C)C)cn1. The molecule has 1 aromatic heterocycles. The number of hydrogen-bond donors (Lipinski definition) is 1. The van der Waals surface area contributed by atoms with Crippen LogP contribution in [0.5, 0.6) is 5.75 Å². The zero-order chi connectivity index (χ0) is 27.0. The number of nitrogens with one attached hydrogen (secondary N) is 1. The first-order chi connectivity index (χ1) is 18.1. The summed E-state index contributed by atoms with van der Waals surface area (Å²) in [5.41, 5.74) is 4.98. The third-order valence-corrected chi connectivity index (χ3v) is 5.67. The number of anilines is 2. The van der Waals surface area contributed by atoms with E-state index in [-0.39, 0.29) is 11.8 Å². The molecule has 38 heavy (non-hydrogen) atoms. The zero-order valence-electron chi connectivity index (χ0n) is 20.7. The smallest absolute Gasteiger partial charge is 0.406 e. The monoisotopic (exact) mass is 521 g/mol. The number of halogens is 4. The third kappa shape index (κ3) is 5.44. The second kappa shape index (κ2) is 9.77. The number of alkyl halides is 3. The Morgan fingerprint density at radius 3 is 2.39 bits per heavy atom. The molecule has 0 bridgehead atoms. The van der Waals surface area contributed by atoms with Gasteiger partial charge in [-0.2, -0.15) is 0 Å². The van der Waals surface area contributed by atoms with E-state index in [1.165, 1.54) is 36.4 Å². The van der Waals surface area contributed by atoms with Crippen LogP contribution in [0.25, 0.3) is 28.1 Å². The highest BCUT2D eigenvalue weighted by molar-refractivity contribution is 5.84. The maximum Gasteiger partial charge on any atom is 0.573 e. The number of pyridine rings is 1. The van der Waals surface area contributed by atoms with Crippen molar-refractivity contribution < 1.29 is 22.3 Å². The van der Waals surface area contributed by atoms with Gasteiger partial charge in [0, 0.05) is 23.5 Å². The van der Waals surface area contributed by atoms with Crippen LogP contribution in [0.1, 0.15) is 19.5 Å². The molecule has 0 radical (unpaired) electrons. The molecule has 3 aromatic rings. The van der Waals surface area contributed by atoms with Crippen LogP contribution in [0.3, 0.4) is 0 Å². The Labute approximate surface area is 215 Å². The lowest BCUT2D eigenvalue weighted by Gasteiger charge is -2.21. The first-order valence-corrected chi connectivity index (χ1v) is 11.8. The van der Waals surface area contributed by atoms with Gasteiger partial charge in [-0.25, -0.2) is 9.37 Å². The van der Waals surface area contributed by atoms with Crippen LogP contribution in [-0.4, -0.2) is 26.9 Å². The lowest BCUT2D eigenvalue weighted by atomic mass is 10.1. The van der Waals surface area contributed by atoms with Crippen LogP contribution in [0.15, 0.2) is 77.9 Å². The standard InChI is InChI=1S/C28H23F4N5O/c1-16(2)34-23-14-27-25(13-22(23)35-19-6-4-17(3)33-15-19)36-24-12-18(29)5-11-26(24)37(27)20-7-9-21(10-8-20)38-28(30,31)32/h4-16,35H,1-3H3. The van der Waals surface area contributed by atoms with Crippen LogP contribution < -0.4 is 15.4 Å². The Morgan fingerprint density at radius 2 is 1.74 bits per heavy atom. The predicted molar refractivity (Wildman–Crippen MR) is 137 cm³/mol. The van der Waals surface area contributed by atoms with Crippen molar-refractivity contribution in [2.75, 3.05) is 5.32 Å². The number of rotatable bonds is 5. The molecule has 2 aromatic carbocycles. The van der Waals surface area contributed by atoms with Gasteiger partial charge in [-0.15, -0.1) is 13.2 Å². The van der Waals surface area contributed by atoms with Gasteiger partial charge in [0.05, 0.1) is 45.4 Å². The second-order valence-corrected chi connectivity index (χ2v) is 9.02. The summed E-state index contributed by atoms with van der Waals surface area (Å²) >= 11 is 0. The molecule has 0 saturated carbocycles. The van der Waals surface area contributed by atoms with Gasteiger partial charge >= 0.3 is 6.36 Å². The number of fused-ring (bicyclic) bond motifs is 2. The molecule has 2 heterocycles. The molecule has 0 unspecified atom stereocenters. The van der Waals surface area contributed by atoms with E-state index in [2.05, 4.69) is 15.0 Å². The molecule has 5 rings (SSSR count). The molecule has 0 amide bonds. The van der Waals surface area contributed by atoms with Gasteiger partial charge in [0.25, 0.3) is 0 Å². The van der Waals surface area contributed by atoms with E-state index in [4.69, 9.17) is 9.98 Å². The van der Waals surface area contributed by atoms with Crippen molar-refractivity contribution in [3.05, 3.63) is 89.8 Å². The van der Waals surface area contributed by atoms with E-state index in [0.717, 1.165) is 11.4 Å². The number of benzene rings is 3. The van der Waals surface area contributed by atoms with Crippen molar-refractivity contribution in [3.8, 4) is 22.8 Å². The molecule has 2 aliphatic rings. The molecule has 1 aliphatic heterocycles. The van der Waals surface area contributed by atoms with Crippen molar-refractivity contribution in [2.24, 2.45) is 4.99 Å². The fourth-order valence-corrected chi connectivity index (χ4v) is 4.13. The van der Waals surface area contributed by atoms with E-state index < -0.39 is 12.2 Å². The second-order valence-electron chi connectivity index (χ2n) is 9.02. The highest BCUT2D eigenvalue weighted by atomic mass is 19.4. The van der Waals surface area contributed by atoms with Gasteiger partial charge in [0.2, 0.25) is 0 Å². The summed E-state index contributed by atoms with van der Waals surface area (Å²) in [6.07, 6.45) is -3.08. The average Bonchev–Trinajstić information content (AvgIpc) is 2.84. The Balaban J connectivity index is 1.75. The quantitative estimate of drug-likeness (QED) is 0.201. The minimum Gasteiger partial charge on any atom is -0.406 e. The van der Waals surface area contributed by atoms with Gasteiger partial charge in [-0.1, -0.05) is 0 Å². The van der Waals surface area contributed by atoms with Crippen LogP contribution in [0.2, 0.25) is 0 Å². The van der Waals surface area contributed by atoms with E-state index in [1.54, 1.807) is 12.3 Å². The molecule has 0 atom stereocenters. The maximum atomic E-state index is 14.2. The Kier molecular flexibility index (Phi) is 6.48. The Morgan fingerprint density at radius 1 is 0.974 bits per heavy atom. The molecular weight excluding hydrogens is 498 g/mol. The number of nitrogens with zero attached hydrogens (tertiary/aromatic N) is 4. The molecular formula is C28H23F4N5O. The lowest BCUT2D eigenvalue weighted by molar-refractivity contribution is -0.274. The molecule has 0 spiro atoms. The van der Waals surface area contributed by atoms with E-state index >= 15 is 0 Å². The lowest BCUT2D eigenvalue weighted by Crippen LogP contribution is -2.17. The Hall–Kier alpha value is -4.47. The van der Waals surface area contributed by atoms with Crippen molar-refractivity contribution in [2.45, 2.75) is 33.2 Å². The molecule has 0 saturated heterocycles. The maximum absolute atomic E-state index is 14.2. The number of aryl methyl sites for hydroxylation is 1. The highest BCUT2D eigenvalue weighted by Gasteiger charge is 2.31. The molecule has 6 nitrogen and oxygen atoms in total. The van der Waals surface area contributed by atoms with Crippen LogP contribution >= 0.6 is 0 Å².